The molecule has 1 fully saturated rings. The third-order valence-corrected chi connectivity index (χ3v) is 5.94. The van der Waals surface area contributed by atoms with E-state index in [0.29, 0.717) is 12.3 Å². The monoisotopic (exact) mass is 213 g/mol. The van der Waals surface area contributed by atoms with Gasteiger partial charge in [0.1, 0.15) is 0 Å². The third kappa shape index (κ3) is 4.13. The highest BCUT2D eigenvalue weighted by Crippen LogP contribution is 2.17. The average Bonchev–Trinajstić information content (AvgIpc) is 2.25. The van der Waals surface area contributed by atoms with E-state index in [1.165, 1.54) is 25.3 Å². The Balaban J connectivity index is 2.12. The Morgan fingerprint density at radius 3 is 3.07 bits per heavy atom. The zero-order valence-electron chi connectivity index (χ0n) is 8.85. The van der Waals surface area contributed by atoms with E-state index in [-0.39, 0.29) is 0 Å². The molecule has 0 aromatic rings. The fourth-order valence-corrected chi connectivity index (χ4v) is 4.40. The Morgan fingerprint density at radius 2 is 2.43 bits per heavy atom. The van der Waals surface area contributed by atoms with E-state index in [9.17, 15) is 0 Å². The molecular weight excluding hydrogens is 194 g/mol. The molecule has 1 heterocycles. The summed E-state index contributed by atoms with van der Waals surface area (Å²) in [6.07, 6.45) is 4.86. The topological polar surface area (TPSA) is 58.0 Å². The minimum atomic E-state index is -0.732. The summed E-state index contributed by atoms with van der Waals surface area (Å²) in [4.78, 5) is 2.75. The Hall–Kier alpha value is -0.513. The molecule has 80 valence electrons. The first kappa shape index (κ1) is 11.6. The number of rotatable bonds is 5. The number of azide groups is 1. The van der Waals surface area contributed by atoms with Crippen molar-refractivity contribution < 1.29 is 4.74 Å². The molecule has 0 amide bonds. The summed E-state index contributed by atoms with van der Waals surface area (Å²) in [5.74, 6) is 0. The second-order valence-electron chi connectivity index (χ2n) is 3.98. The maximum absolute atomic E-state index is 8.13. The van der Waals surface area contributed by atoms with Gasteiger partial charge in [-0.3, -0.25) is 0 Å². The van der Waals surface area contributed by atoms with Crippen LogP contribution in [0.2, 0.25) is 12.6 Å². The largest absolute Gasteiger partial charge is 0.382 e. The highest BCUT2D eigenvalue weighted by Gasteiger charge is 2.21. The van der Waals surface area contributed by atoms with Crippen LogP contribution in [0.3, 0.4) is 0 Å². The van der Waals surface area contributed by atoms with Crippen molar-refractivity contribution in [3.63, 3.8) is 0 Å². The average molecular weight is 213 g/mol. The van der Waals surface area contributed by atoms with Gasteiger partial charge in [0, 0.05) is 23.8 Å². The zero-order valence-corrected chi connectivity index (χ0v) is 10.0. The van der Waals surface area contributed by atoms with Crippen LogP contribution in [0, 0.1) is 0 Å². The fraction of sp³-hybridized carbons (Fsp3) is 1.00. The number of ether oxygens (including phenoxy) is 1. The van der Waals surface area contributed by atoms with Crippen molar-refractivity contribution in [3.8, 4) is 0 Å². The molecule has 5 heteroatoms. The lowest BCUT2D eigenvalue weighted by molar-refractivity contribution is 0.0626. The van der Waals surface area contributed by atoms with E-state index in [2.05, 4.69) is 16.6 Å². The smallest absolute Gasteiger partial charge is 0.0686 e. The lowest BCUT2D eigenvalue weighted by atomic mass is 10.2. The maximum Gasteiger partial charge on any atom is 0.0686 e. The van der Waals surface area contributed by atoms with E-state index < -0.39 is 8.80 Å². The summed E-state index contributed by atoms with van der Waals surface area (Å²) in [7, 11) is -0.732. The standard InChI is InChI=1S/C9H19N3OSi/c1-14(8-4-6-11-12-10)9-5-2-3-7-13-9/h9,14H,2-8H2,1H3. The second-order valence-corrected chi connectivity index (χ2v) is 7.25. The Kier molecular flexibility index (Phi) is 5.67. The summed E-state index contributed by atoms with van der Waals surface area (Å²) >= 11 is 0. The lowest BCUT2D eigenvalue weighted by Gasteiger charge is -2.27. The van der Waals surface area contributed by atoms with Gasteiger partial charge in [-0.15, -0.1) is 0 Å². The van der Waals surface area contributed by atoms with Crippen LogP contribution in [-0.4, -0.2) is 27.7 Å². The lowest BCUT2D eigenvalue weighted by Crippen LogP contribution is -2.33. The molecule has 0 aliphatic carbocycles. The first-order chi connectivity index (χ1) is 6.84. The van der Waals surface area contributed by atoms with Crippen LogP contribution in [0.15, 0.2) is 5.11 Å². The molecule has 1 saturated heterocycles. The molecule has 1 aliphatic rings. The summed E-state index contributed by atoms with van der Waals surface area (Å²) in [5, 5.41) is 3.55. The number of nitrogens with zero attached hydrogens (tertiary/aromatic N) is 3. The summed E-state index contributed by atoms with van der Waals surface area (Å²) < 4.78 is 5.76. The fourth-order valence-electron chi connectivity index (χ4n) is 1.93. The minimum Gasteiger partial charge on any atom is -0.382 e. The molecule has 0 radical (unpaired) electrons. The van der Waals surface area contributed by atoms with Crippen LogP contribution >= 0.6 is 0 Å². The summed E-state index contributed by atoms with van der Waals surface area (Å²) in [5.41, 5.74) is 8.70. The van der Waals surface area contributed by atoms with Crippen LogP contribution in [0.25, 0.3) is 10.4 Å². The minimum absolute atomic E-state index is 0.579. The van der Waals surface area contributed by atoms with Crippen molar-refractivity contribution in [2.75, 3.05) is 13.2 Å². The van der Waals surface area contributed by atoms with E-state index in [1.807, 2.05) is 0 Å². The van der Waals surface area contributed by atoms with Crippen LogP contribution in [0.4, 0.5) is 0 Å². The van der Waals surface area contributed by atoms with Crippen molar-refractivity contribution in [2.45, 2.75) is 44.0 Å². The number of hydrogen-bond donors (Lipinski definition) is 0. The third-order valence-electron chi connectivity index (χ3n) is 2.83. The van der Waals surface area contributed by atoms with Gasteiger partial charge in [-0.25, -0.2) is 0 Å². The first-order valence-electron chi connectivity index (χ1n) is 5.47. The van der Waals surface area contributed by atoms with Gasteiger partial charge in [0.25, 0.3) is 0 Å². The molecule has 4 nitrogen and oxygen atoms in total. The van der Waals surface area contributed by atoms with Gasteiger partial charge in [-0.05, 0) is 24.8 Å². The Bertz CT molecular complexity index is 200. The van der Waals surface area contributed by atoms with Crippen LogP contribution in [0.1, 0.15) is 25.7 Å². The first-order valence-corrected chi connectivity index (χ1v) is 8.11. The summed E-state index contributed by atoms with van der Waals surface area (Å²) in [6.45, 7) is 3.98. The zero-order chi connectivity index (χ0) is 10.2. The van der Waals surface area contributed by atoms with E-state index in [0.717, 1.165) is 13.0 Å². The van der Waals surface area contributed by atoms with Gasteiger partial charge in [-0.2, -0.15) is 0 Å². The molecule has 1 aliphatic heterocycles. The van der Waals surface area contributed by atoms with Gasteiger partial charge >= 0.3 is 0 Å². The Labute approximate surface area is 86.9 Å². The van der Waals surface area contributed by atoms with Gasteiger partial charge in [0.05, 0.1) is 8.80 Å². The van der Waals surface area contributed by atoms with E-state index >= 15 is 0 Å². The van der Waals surface area contributed by atoms with Gasteiger partial charge in [-0.1, -0.05) is 24.1 Å². The molecule has 1 rings (SSSR count). The predicted octanol–water partition coefficient (Wildman–Crippen LogP) is 2.65. The predicted molar refractivity (Wildman–Crippen MR) is 60.0 cm³/mol. The van der Waals surface area contributed by atoms with Crippen LogP contribution in [-0.2, 0) is 4.74 Å². The molecular formula is C9H19N3OSi. The maximum atomic E-state index is 8.13. The van der Waals surface area contributed by atoms with Crippen molar-refractivity contribution >= 4 is 8.80 Å². The van der Waals surface area contributed by atoms with E-state index in [1.54, 1.807) is 0 Å². The number of hydrogen-bond acceptors (Lipinski definition) is 2. The summed E-state index contributed by atoms with van der Waals surface area (Å²) in [6, 6.07) is 1.24. The van der Waals surface area contributed by atoms with Gasteiger partial charge in [0.15, 0.2) is 0 Å². The SMILES string of the molecule is C[SiH](CCCN=[N+]=[N-])C1CCCCO1. The van der Waals surface area contributed by atoms with Crippen molar-refractivity contribution in [3.05, 3.63) is 10.4 Å². The quantitative estimate of drug-likeness (QED) is 0.228. The van der Waals surface area contributed by atoms with Crippen LogP contribution in [0.5, 0.6) is 0 Å². The molecule has 0 aromatic heterocycles. The van der Waals surface area contributed by atoms with Gasteiger partial charge in [0.2, 0.25) is 0 Å². The highest BCUT2D eigenvalue weighted by molar-refractivity contribution is 6.58. The van der Waals surface area contributed by atoms with Gasteiger partial charge < -0.3 is 4.74 Å². The van der Waals surface area contributed by atoms with Crippen LogP contribution < -0.4 is 0 Å². The van der Waals surface area contributed by atoms with E-state index in [4.69, 9.17) is 10.3 Å². The molecule has 2 atom stereocenters. The highest BCUT2D eigenvalue weighted by atomic mass is 28.3. The molecule has 2 unspecified atom stereocenters. The van der Waals surface area contributed by atoms with Crippen molar-refractivity contribution in [1.82, 2.24) is 0 Å². The molecule has 14 heavy (non-hydrogen) atoms. The van der Waals surface area contributed by atoms with Crippen molar-refractivity contribution in [1.29, 1.82) is 0 Å². The molecule has 0 bridgehead atoms. The second kappa shape index (κ2) is 6.87. The Morgan fingerprint density at radius 1 is 1.57 bits per heavy atom. The molecule has 0 N–H and O–H groups in total. The molecule has 0 saturated carbocycles. The molecule has 0 aromatic carbocycles. The molecule has 0 spiro atoms. The normalized spacial score (nSPS) is 23.9. The van der Waals surface area contributed by atoms with Crippen molar-refractivity contribution in [2.24, 2.45) is 5.11 Å².